The molecular weight excluding hydrogens is 353 g/mol. The number of benzene rings is 2. The third-order valence-electron chi connectivity index (χ3n) is 4.52. The van der Waals surface area contributed by atoms with Crippen molar-refractivity contribution >= 4 is 17.3 Å². The van der Waals surface area contributed by atoms with E-state index in [-0.39, 0.29) is 11.7 Å². The van der Waals surface area contributed by atoms with Crippen LogP contribution in [-0.2, 0) is 6.42 Å². The van der Waals surface area contributed by atoms with E-state index in [9.17, 15) is 9.18 Å². The highest BCUT2D eigenvalue weighted by atomic mass is 19.1. The van der Waals surface area contributed by atoms with Gasteiger partial charge in [-0.2, -0.15) is 0 Å². The zero-order valence-electron chi connectivity index (χ0n) is 16.1. The van der Waals surface area contributed by atoms with Crippen molar-refractivity contribution in [2.24, 2.45) is 0 Å². The summed E-state index contributed by atoms with van der Waals surface area (Å²) in [7, 11) is 0. The number of nitrogens with zero attached hydrogens (tertiary/aromatic N) is 1. The Labute approximate surface area is 164 Å². The molecule has 28 heavy (non-hydrogen) atoms. The molecule has 0 spiro atoms. The first-order chi connectivity index (χ1) is 13.5. The van der Waals surface area contributed by atoms with Crippen LogP contribution in [0.4, 0.5) is 15.8 Å². The van der Waals surface area contributed by atoms with Crippen molar-refractivity contribution in [1.29, 1.82) is 0 Å². The van der Waals surface area contributed by atoms with Gasteiger partial charge in [0.1, 0.15) is 5.82 Å². The van der Waals surface area contributed by atoms with Gasteiger partial charge in [0.05, 0.1) is 11.3 Å². The van der Waals surface area contributed by atoms with Crippen molar-refractivity contribution < 1.29 is 9.18 Å². The minimum absolute atomic E-state index is 0.209. The van der Waals surface area contributed by atoms with Crippen LogP contribution in [-0.4, -0.2) is 17.4 Å². The van der Waals surface area contributed by atoms with E-state index in [1.807, 2.05) is 30.3 Å². The molecule has 0 atom stereocenters. The number of pyridine rings is 1. The normalized spacial score (nSPS) is 10.7. The molecule has 0 aliphatic heterocycles. The number of halogens is 1. The summed E-state index contributed by atoms with van der Waals surface area (Å²) in [6.07, 6.45) is 3.72. The van der Waals surface area contributed by atoms with Gasteiger partial charge in [-0.05, 0) is 47.7 Å². The minimum atomic E-state index is -0.220. The Morgan fingerprint density at radius 1 is 1.04 bits per heavy atom. The van der Waals surface area contributed by atoms with Crippen LogP contribution in [0.25, 0.3) is 0 Å². The second kappa shape index (κ2) is 9.13. The van der Waals surface area contributed by atoms with Crippen LogP contribution in [0, 0.1) is 5.82 Å². The summed E-state index contributed by atoms with van der Waals surface area (Å²) in [5, 5.41) is 6.07. The van der Waals surface area contributed by atoms with Crippen LogP contribution in [0.5, 0.6) is 0 Å². The molecule has 0 fully saturated rings. The number of hydrogen-bond donors (Lipinski definition) is 2. The van der Waals surface area contributed by atoms with E-state index in [4.69, 9.17) is 0 Å². The maximum atomic E-state index is 13.7. The maximum absolute atomic E-state index is 13.7. The first-order valence-electron chi connectivity index (χ1n) is 9.36. The molecule has 0 unspecified atom stereocenters. The van der Waals surface area contributed by atoms with Gasteiger partial charge in [-0.3, -0.25) is 9.78 Å². The van der Waals surface area contributed by atoms with Crippen molar-refractivity contribution in [1.82, 2.24) is 4.98 Å². The van der Waals surface area contributed by atoms with E-state index in [0.29, 0.717) is 30.0 Å². The number of anilines is 2. The molecule has 5 heteroatoms. The van der Waals surface area contributed by atoms with Gasteiger partial charge in [0, 0.05) is 24.6 Å². The number of nitrogens with one attached hydrogen (secondary N) is 2. The molecule has 3 rings (SSSR count). The predicted molar refractivity (Wildman–Crippen MR) is 111 cm³/mol. The second-order valence-corrected chi connectivity index (χ2v) is 6.96. The standard InChI is InChI=1S/C23H24FN3O/c1-16(2)17-7-9-20(10-8-17)27-23(28)19-13-21(15-25-14-19)26-12-11-18-5-3-4-6-22(18)24/h3-10,13-16,26H,11-12H2,1-2H3,(H,27,28). The van der Waals surface area contributed by atoms with E-state index in [0.717, 1.165) is 11.4 Å². The minimum Gasteiger partial charge on any atom is -0.383 e. The molecule has 0 aliphatic rings. The smallest absolute Gasteiger partial charge is 0.257 e. The fraction of sp³-hybridized carbons (Fsp3) is 0.217. The van der Waals surface area contributed by atoms with Crippen LogP contribution >= 0.6 is 0 Å². The zero-order valence-corrected chi connectivity index (χ0v) is 16.1. The van der Waals surface area contributed by atoms with Gasteiger partial charge in [0.2, 0.25) is 0 Å². The average molecular weight is 377 g/mol. The molecule has 1 heterocycles. The Morgan fingerprint density at radius 3 is 2.50 bits per heavy atom. The molecule has 0 saturated heterocycles. The first kappa shape index (κ1) is 19.5. The zero-order chi connectivity index (χ0) is 19.9. The number of amides is 1. The Bertz CT molecular complexity index is 939. The summed E-state index contributed by atoms with van der Waals surface area (Å²) in [5.74, 6) is 0.0164. The molecule has 2 aromatic carbocycles. The van der Waals surface area contributed by atoms with Gasteiger partial charge in [0.25, 0.3) is 5.91 Å². The summed E-state index contributed by atoms with van der Waals surface area (Å²) in [6, 6.07) is 16.3. The van der Waals surface area contributed by atoms with Crippen molar-refractivity contribution in [3.05, 3.63) is 89.5 Å². The summed E-state index contributed by atoms with van der Waals surface area (Å²) in [4.78, 5) is 16.6. The second-order valence-electron chi connectivity index (χ2n) is 6.96. The Morgan fingerprint density at radius 2 is 1.79 bits per heavy atom. The van der Waals surface area contributed by atoms with E-state index in [1.54, 1.807) is 24.4 Å². The number of carbonyl (C=O) groups is 1. The lowest BCUT2D eigenvalue weighted by Crippen LogP contribution is -2.13. The van der Waals surface area contributed by atoms with Gasteiger partial charge in [-0.25, -0.2) is 4.39 Å². The number of carbonyl (C=O) groups excluding carboxylic acids is 1. The van der Waals surface area contributed by atoms with Crippen LogP contribution in [0.3, 0.4) is 0 Å². The molecular formula is C23H24FN3O. The van der Waals surface area contributed by atoms with Crippen LogP contribution in [0.2, 0.25) is 0 Å². The van der Waals surface area contributed by atoms with Gasteiger partial charge in [0.15, 0.2) is 0 Å². The quantitative estimate of drug-likeness (QED) is 0.591. The molecule has 144 valence electrons. The third-order valence-corrected chi connectivity index (χ3v) is 4.52. The van der Waals surface area contributed by atoms with Gasteiger partial charge >= 0.3 is 0 Å². The largest absolute Gasteiger partial charge is 0.383 e. The van der Waals surface area contributed by atoms with E-state index in [1.165, 1.54) is 17.8 Å². The van der Waals surface area contributed by atoms with Crippen LogP contribution in [0.1, 0.15) is 41.3 Å². The Balaban J connectivity index is 1.59. The van der Waals surface area contributed by atoms with E-state index in [2.05, 4.69) is 29.5 Å². The topological polar surface area (TPSA) is 54.0 Å². The average Bonchev–Trinajstić information content (AvgIpc) is 2.70. The third kappa shape index (κ3) is 5.16. The maximum Gasteiger partial charge on any atom is 0.257 e. The molecule has 1 aromatic heterocycles. The Hall–Kier alpha value is -3.21. The number of hydrogen-bond acceptors (Lipinski definition) is 3. The SMILES string of the molecule is CC(C)c1ccc(NC(=O)c2cncc(NCCc3ccccc3F)c2)cc1. The first-order valence-corrected chi connectivity index (χ1v) is 9.36. The molecule has 3 aromatic rings. The summed E-state index contributed by atoms with van der Waals surface area (Å²) in [5.41, 5.74) is 3.80. The van der Waals surface area contributed by atoms with Crippen molar-refractivity contribution in [3.8, 4) is 0 Å². The summed E-state index contributed by atoms with van der Waals surface area (Å²) >= 11 is 0. The number of rotatable bonds is 7. The fourth-order valence-electron chi connectivity index (χ4n) is 2.86. The van der Waals surface area contributed by atoms with Crippen molar-refractivity contribution in [3.63, 3.8) is 0 Å². The highest BCUT2D eigenvalue weighted by Crippen LogP contribution is 2.18. The summed E-state index contributed by atoms with van der Waals surface area (Å²) in [6.45, 7) is 4.80. The summed E-state index contributed by atoms with van der Waals surface area (Å²) < 4.78 is 13.7. The van der Waals surface area contributed by atoms with Gasteiger partial charge in [-0.15, -0.1) is 0 Å². The molecule has 1 amide bonds. The molecule has 0 aliphatic carbocycles. The Kier molecular flexibility index (Phi) is 6.37. The lowest BCUT2D eigenvalue weighted by atomic mass is 10.0. The van der Waals surface area contributed by atoms with Crippen LogP contribution in [0.15, 0.2) is 67.0 Å². The van der Waals surface area contributed by atoms with Gasteiger partial charge in [-0.1, -0.05) is 44.2 Å². The van der Waals surface area contributed by atoms with Crippen molar-refractivity contribution in [2.75, 3.05) is 17.2 Å². The fourth-order valence-corrected chi connectivity index (χ4v) is 2.86. The predicted octanol–water partition coefficient (Wildman–Crippen LogP) is 5.25. The van der Waals surface area contributed by atoms with E-state index < -0.39 is 0 Å². The van der Waals surface area contributed by atoms with Crippen molar-refractivity contribution in [2.45, 2.75) is 26.2 Å². The highest BCUT2D eigenvalue weighted by molar-refractivity contribution is 6.04. The molecule has 0 saturated carbocycles. The van der Waals surface area contributed by atoms with Crippen LogP contribution < -0.4 is 10.6 Å². The lowest BCUT2D eigenvalue weighted by molar-refractivity contribution is 0.102. The molecule has 2 N–H and O–H groups in total. The number of aromatic nitrogens is 1. The monoisotopic (exact) mass is 377 g/mol. The van der Waals surface area contributed by atoms with Gasteiger partial charge < -0.3 is 10.6 Å². The highest BCUT2D eigenvalue weighted by Gasteiger charge is 2.08. The lowest BCUT2D eigenvalue weighted by Gasteiger charge is -2.10. The molecule has 0 bridgehead atoms. The van der Waals surface area contributed by atoms with E-state index >= 15 is 0 Å². The molecule has 4 nitrogen and oxygen atoms in total. The molecule has 0 radical (unpaired) electrons.